The van der Waals surface area contributed by atoms with Crippen LogP contribution in [0.5, 0.6) is 0 Å². The van der Waals surface area contributed by atoms with E-state index >= 15 is 0 Å². The van der Waals surface area contributed by atoms with Crippen LogP contribution in [0.4, 0.5) is 4.39 Å². The van der Waals surface area contributed by atoms with Crippen LogP contribution in [0, 0.1) is 5.82 Å². The van der Waals surface area contributed by atoms with E-state index in [9.17, 15) is 9.18 Å². The summed E-state index contributed by atoms with van der Waals surface area (Å²) in [7, 11) is 3.45. The van der Waals surface area contributed by atoms with Gasteiger partial charge >= 0.3 is 0 Å². The Kier molecular flexibility index (Phi) is 5.62. The Hall–Kier alpha value is -1.63. The van der Waals surface area contributed by atoms with E-state index in [1.54, 1.807) is 38.1 Å². The molecule has 2 aromatic rings. The number of aryl methyl sites for hydroxylation is 1. The fourth-order valence-corrected chi connectivity index (χ4v) is 2.83. The summed E-state index contributed by atoms with van der Waals surface area (Å²) in [5.41, 5.74) is 1.19. The molecule has 0 spiro atoms. The summed E-state index contributed by atoms with van der Waals surface area (Å²) in [5, 5.41) is 10.0. The molecule has 2 atom stereocenters. The molecule has 1 amide bonds. The Bertz CT molecular complexity index is 719. The largest absolute Gasteiger partial charge is 0.348 e. The summed E-state index contributed by atoms with van der Waals surface area (Å²) in [6, 6.07) is 1.51. The van der Waals surface area contributed by atoms with Crippen LogP contribution in [-0.2, 0) is 11.8 Å². The second-order valence-electron chi connectivity index (χ2n) is 5.19. The maximum absolute atomic E-state index is 13.6. The highest BCUT2D eigenvalue weighted by Gasteiger charge is 2.23. The molecular weight excluding hydrogens is 342 g/mol. The molecule has 8 heteroatoms. The van der Waals surface area contributed by atoms with Gasteiger partial charge < -0.3 is 10.6 Å². The maximum atomic E-state index is 13.6. The van der Waals surface area contributed by atoms with Crippen molar-refractivity contribution in [1.82, 2.24) is 20.4 Å². The SMILES string of the molecule is CNC(C(=O)NC(C)c1cc(F)c(Cl)cc1Cl)c1cnn(C)c1. The highest BCUT2D eigenvalue weighted by Crippen LogP contribution is 2.29. The lowest BCUT2D eigenvalue weighted by Gasteiger charge is -2.20. The number of hydrogen-bond donors (Lipinski definition) is 2. The molecule has 0 aliphatic carbocycles. The Morgan fingerprint density at radius 2 is 2.04 bits per heavy atom. The number of rotatable bonds is 5. The second kappa shape index (κ2) is 7.29. The number of hydrogen-bond acceptors (Lipinski definition) is 3. The average Bonchev–Trinajstić information content (AvgIpc) is 2.89. The monoisotopic (exact) mass is 358 g/mol. The van der Waals surface area contributed by atoms with Crippen molar-refractivity contribution in [2.75, 3.05) is 7.05 Å². The Morgan fingerprint density at radius 3 is 2.61 bits per heavy atom. The molecule has 0 bridgehead atoms. The topological polar surface area (TPSA) is 59.0 Å². The minimum absolute atomic E-state index is 0.0549. The van der Waals surface area contributed by atoms with Crippen molar-refractivity contribution >= 4 is 29.1 Å². The molecule has 124 valence electrons. The van der Waals surface area contributed by atoms with E-state index in [1.165, 1.54) is 12.1 Å². The van der Waals surface area contributed by atoms with Crippen molar-refractivity contribution in [1.29, 1.82) is 0 Å². The minimum Gasteiger partial charge on any atom is -0.348 e. The van der Waals surface area contributed by atoms with Crippen LogP contribution in [0.2, 0.25) is 10.0 Å². The van der Waals surface area contributed by atoms with Crippen molar-refractivity contribution in [3.05, 3.63) is 51.5 Å². The van der Waals surface area contributed by atoms with Crippen molar-refractivity contribution in [2.24, 2.45) is 7.05 Å². The molecule has 2 unspecified atom stereocenters. The van der Waals surface area contributed by atoms with E-state index in [1.807, 2.05) is 0 Å². The summed E-state index contributed by atoms with van der Waals surface area (Å²) < 4.78 is 15.2. The normalized spacial score (nSPS) is 13.7. The van der Waals surface area contributed by atoms with Crippen LogP contribution >= 0.6 is 23.2 Å². The second-order valence-corrected chi connectivity index (χ2v) is 6.00. The molecule has 0 fully saturated rings. The first kappa shape index (κ1) is 17.7. The summed E-state index contributed by atoms with van der Waals surface area (Å²) in [6.07, 6.45) is 3.36. The van der Waals surface area contributed by atoms with E-state index in [0.717, 1.165) is 5.56 Å². The number of benzene rings is 1. The number of amides is 1. The Morgan fingerprint density at radius 1 is 1.35 bits per heavy atom. The number of carbonyl (C=O) groups excluding carboxylic acids is 1. The minimum atomic E-state index is -0.579. The smallest absolute Gasteiger partial charge is 0.242 e. The summed E-state index contributed by atoms with van der Waals surface area (Å²) >= 11 is 11.8. The van der Waals surface area contributed by atoms with E-state index in [0.29, 0.717) is 10.6 Å². The van der Waals surface area contributed by atoms with Gasteiger partial charge in [0.05, 0.1) is 17.3 Å². The molecule has 0 aliphatic heterocycles. The zero-order valence-corrected chi connectivity index (χ0v) is 14.4. The Balaban J connectivity index is 2.17. The van der Waals surface area contributed by atoms with Crippen LogP contribution in [0.3, 0.4) is 0 Å². The molecular formula is C15H17Cl2FN4O. The first-order valence-corrected chi connectivity index (χ1v) is 7.69. The molecule has 0 saturated heterocycles. The van der Waals surface area contributed by atoms with Crippen LogP contribution in [0.1, 0.15) is 30.1 Å². The summed E-state index contributed by atoms with van der Waals surface area (Å²) in [4.78, 5) is 12.5. The van der Waals surface area contributed by atoms with Gasteiger partial charge in [-0.25, -0.2) is 4.39 Å². The number of halogens is 3. The van der Waals surface area contributed by atoms with Gasteiger partial charge in [0.2, 0.25) is 5.91 Å². The summed E-state index contributed by atoms with van der Waals surface area (Å²) in [5.74, 6) is -0.844. The predicted molar refractivity (Wildman–Crippen MR) is 88.0 cm³/mol. The van der Waals surface area contributed by atoms with Crippen LogP contribution in [0.25, 0.3) is 0 Å². The van der Waals surface area contributed by atoms with Crippen LogP contribution < -0.4 is 10.6 Å². The van der Waals surface area contributed by atoms with E-state index in [4.69, 9.17) is 23.2 Å². The molecule has 2 N–H and O–H groups in total. The molecule has 0 radical (unpaired) electrons. The molecule has 0 aliphatic rings. The fourth-order valence-electron chi connectivity index (χ4n) is 2.28. The number of aromatic nitrogens is 2. The van der Waals surface area contributed by atoms with Crippen LogP contribution in [0.15, 0.2) is 24.5 Å². The first-order chi connectivity index (χ1) is 10.8. The lowest BCUT2D eigenvalue weighted by molar-refractivity contribution is -0.123. The highest BCUT2D eigenvalue weighted by molar-refractivity contribution is 6.35. The number of likely N-dealkylation sites (N-methyl/N-ethyl adjacent to an activating group) is 1. The zero-order chi connectivity index (χ0) is 17.1. The Labute approximate surface area is 143 Å². The first-order valence-electron chi connectivity index (χ1n) is 6.94. The van der Waals surface area contributed by atoms with Crippen molar-refractivity contribution < 1.29 is 9.18 Å². The fraction of sp³-hybridized carbons (Fsp3) is 0.333. The van der Waals surface area contributed by atoms with Gasteiger partial charge in [-0.05, 0) is 31.7 Å². The molecule has 0 saturated carbocycles. The molecule has 1 heterocycles. The third-order valence-electron chi connectivity index (χ3n) is 3.47. The van der Waals surface area contributed by atoms with Gasteiger partial charge in [-0.3, -0.25) is 9.48 Å². The molecule has 2 rings (SSSR count). The lowest BCUT2D eigenvalue weighted by Crippen LogP contribution is -2.37. The van der Waals surface area contributed by atoms with Crippen LogP contribution in [-0.4, -0.2) is 22.7 Å². The number of nitrogens with one attached hydrogen (secondary N) is 2. The van der Waals surface area contributed by atoms with Crippen molar-refractivity contribution in [2.45, 2.75) is 19.0 Å². The van der Waals surface area contributed by atoms with Gasteiger partial charge in [0.25, 0.3) is 0 Å². The molecule has 23 heavy (non-hydrogen) atoms. The zero-order valence-electron chi connectivity index (χ0n) is 12.9. The molecule has 1 aromatic heterocycles. The number of nitrogens with zero attached hydrogens (tertiary/aromatic N) is 2. The standard InChI is InChI=1S/C15H17Cl2FN4O/c1-8(10-4-13(18)12(17)5-11(10)16)21-15(23)14(19-2)9-6-20-22(3)7-9/h4-8,14,19H,1-3H3,(H,21,23). The van der Waals surface area contributed by atoms with Gasteiger partial charge in [0.15, 0.2) is 0 Å². The third kappa shape index (κ3) is 4.02. The molecule has 1 aromatic carbocycles. The molecule has 5 nitrogen and oxygen atoms in total. The average molecular weight is 359 g/mol. The summed E-state index contributed by atoms with van der Waals surface area (Å²) in [6.45, 7) is 1.72. The van der Waals surface area contributed by atoms with Gasteiger partial charge in [0.1, 0.15) is 11.9 Å². The maximum Gasteiger partial charge on any atom is 0.242 e. The van der Waals surface area contributed by atoms with Crippen molar-refractivity contribution in [3.8, 4) is 0 Å². The lowest BCUT2D eigenvalue weighted by atomic mass is 10.1. The van der Waals surface area contributed by atoms with Crippen molar-refractivity contribution in [3.63, 3.8) is 0 Å². The predicted octanol–water partition coefficient (Wildman–Crippen LogP) is 3.00. The van der Waals surface area contributed by atoms with E-state index in [-0.39, 0.29) is 10.9 Å². The van der Waals surface area contributed by atoms with Gasteiger partial charge in [0, 0.05) is 23.8 Å². The van der Waals surface area contributed by atoms with Gasteiger partial charge in [-0.2, -0.15) is 5.10 Å². The third-order valence-corrected chi connectivity index (χ3v) is 4.09. The number of carbonyl (C=O) groups is 1. The van der Waals surface area contributed by atoms with E-state index in [2.05, 4.69) is 15.7 Å². The highest BCUT2D eigenvalue weighted by atomic mass is 35.5. The quantitative estimate of drug-likeness (QED) is 0.807. The van der Waals surface area contributed by atoms with Gasteiger partial charge in [-0.15, -0.1) is 0 Å². The van der Waals surface area contributed by atoms with E-state index < -0.39 is 17.9 Å². The van der Waals surface area contributed by atoms with Gasteiger partial charge in [-0.1, -0.05) is 23.2 Å².